The zero-order valence-electron chi connectivity index (χ0n) is 13.4. The molecule has 0 aliphatic carbocycles. The van der Waals surface area contributed by atoms with Gasteiger partial charge in [0.05, 0.1) is 4.90 Å². The summed E-state index contributed by atoms with van der Waals surface area (Å²) in [6, 6.07) is 5.79. The summed E-state index contributed by atoms with van der Waals surface area (Å²) in [5, 5.41) is 3.09. The Labute approximate surface area is 128 Å². The van der Waals surface area contributed by atoms with Crippen molar-refractivity contribution < 1.29 is 8.42 Å². The molecule has 1 heterocycles. The second-order valence-corrected chi connectivity index (χ2v) is 7.71. The minimum absolute atomic E-state index is 0.0901. The smallest absolute Gasteiger partial charge is 0.243 e. The molecule has 1 aliphatic heterocycles. The van der Waals surface area contributed by atoms with Gasteiger partial charge in [0.15, 0.2) is 0 Å². The lowest BCUT2D eigenvalue weighted by Crippen LogP contribution is -2.40. The summed E-state index contributed by atoms with van der Waals surface area (Å²) >= 11 is 0. The molecule has 0 saturated carbocycles. The monoisotopic (exact) mass is 310 g/mol. The van der Waals surface area contributed by atoms with Gasteiger partial charge >= 0.3 is 0 Å². The minimum atomic E-state index is -3.42. The molecule has 2 atom stereocenters. The van der Waals surface area contributed by atoms with E-state index in [-0.39, 0.29) is 12.1 Å². The van der Waals surface area contributed by atoms with E-state index in [1.807, 2.05) is 33.0 Å². The van der Waals surface area contributed by atoms with Crippen LogP contribution in [0.4, 0.5) is 0 Å². The zero-order chi connectivity index (χ0) is 15.6. The second kappa shape index (κ2) is 6.46. The second-order valence-electron chi connectivity index (χ2n) is 5.89. The van der Waals surface area contributed by atoms with E-state index in [0.717, 1.165) is 30.4 Å². The summed E-state index contributed by atoms with van der Waals surface area (Å²) in [7, 11) is -1.54. The normalized spacial score (nSPS) is 23.6. The predicted octanol–water partition coefficient (Wildman–Crippen LogP) is 2.67. The highest BCUT2D eigenvalue weighted by atomic mass is 32.2. The number of hydrogen-bond donors (Lipinski definition) is 1. The van der Waals surface area contributed by atoms with Crippen LogP contribution < -0.4 is 5.32 Å². The fourth-order valence-electron chi connectivity index (χ4n) is 3.30. The fourth-order valence-corrected chi connectivity index (χ4v) is 5.52. The van der Waals surface area contributed by atoms with E-state index in [1.54, 1.807) is 10.4 Å². The van der Waals surface area contributed by atoms with E-state index in [1.165, 1.54) is 0 Å². The first-order valence-electron chi connectivity index (χ1n) is 7.70. The summed E-state index contributed by atoms with van der Waals surface area (Å²) in [5.74, 6) is 0. The van der Waals surface area contributed by atoms with Crippen molar-refractivity contribution in [2.24, 2.45) is 0 Å². The Balaban J connectivity index is 2.47. The third-order valence-corrected chi connectivity index (χ3v) is 6.71. The lowest BCUT2D eigenvalue weighted by atomic mass is 10.1. The average Bonchev–Trinajstić information content (AvgIpc) is 2.83. The minimum Gasteiger partial charge on any atom is -0.316 e. The SMILES string of the molecule is CCC1CCC(C)N1S(=O)(=O)c1cccc(CNC)c1C. The summed E-state index contributed by atoms with van der Waals surface area (Å²) in [4.78, 5) is 0.461. The Morgan fingerprint density at radius 2 is 2.05 bits per heavy atom. The van der Waals surface area contributed by atoms with Gasteiger partial charge in [-0.15, -0.1) is 0 Å². The molecule has 2 unspecified atom stereocenters. The lowest BCUT2D eigenvalue weighted by molar-refractivity contribution is 0.328. The molecule has 4 nitrogen and oxygen atoms in total. The van der Waals surface area contributed by atoms with Gasteiger partial charge in [0.25, 0.3) is 0 Å². The zero-order valence-corrected chi connectivity index (χ0v) is 14.2. The molecule has 0 aromatic heterocycles. The number of hydrogen-bond acceptors (Lipinski definition) is 3. The van der Waals surface area contributed by atoms with Crippen molar-refractivity contribution in [2.45, 2.75) is 63.6 Å². The molecular formula is C16H26N2O2S. The van der Waals surface area contributed by atoms with Crippen LogP contribution >= 0.6 is 0 Å². The van der Waals surface area contributed by atoms with E-state index in [4.69, 9.17) is 0 Å². The molecule has 1 aromatic rings. The van der Waals surface area contributed by atoms with Gasteiger partial charge in [-0.3, -0.25) is 0 Å². The first kappa shape index (κ1) is 16.5. The van der Waals surface area contributed by atoms with Gasteiger partial charge in [-0.05, 0) is 57.4 Å². The van der Waals surface area contributed by atoms with Gasteiger partial charge in [-0.1, -0.05) is 19.1 Å². The highest BCUT2D eigenvalue weighted by Crippen LogP contribution is 2.33. The molecule has 1 fully saturated rings. The Bertz CT molecular complexity index is 598. The molecule has 1 aliphatic rings. The highest BCUT2D eigenvalue weighted by Gasteiger charge is 2.39. The number of nitrogens with one attached hydrogen (secondary N) is 1. The van der Waals surface area contributed by atoms with Gasteiger partial charge < -0.3 is 5.32 Å². The Morgan fingerprint density at radius 3 is 2.67 bits per heavy atom. The molecule has 21 heavy (non-hydrogen) atoms. The van der Waals surface area contributed by atoms with Crippen molar-refractivity contribution in [3.63, 3.8) is 0 Å². The molecule has 0 spiro atoms. The van der Waals surface area contributed by atoms with Crippen LogP contribution in [-0.4, -0.2) is 31.9 Å². The van der Waals surface area contributed by atoms with Crippen LogP contribution in [0.2, 0.25) is 0 Å². The summed E-state index contributed by atoms with van der Waals surface area (Å²) in [6.07, 6.45) is 2.79. The largest absolute Gasteiger partial charge is 0.316 e. The molecule has 118 valence electrons. The van der Waals surface area contributed by atoms with E-state index in [9.17, 15) is 8.42 Å². The van der Waals surface area contributed by atoms with E-state index in [2.05, 4.69) is 12.2 Å². The maximum Gasteiger partial charge on any atom is 0.243 e. The van der Waals surface area contributed by atoms with E-state index >= 15 is 0 Å². The standard InChI is InChI=1S/C16H26N2O2S/c1-5-15-10-9-12(2)18(15)21(19,20)16-8-6-7-14(11-17-4)13(16)3/h6-8,12,15,17H,5,9-11H2,1-4H3. The Morgan fingerprint density at radius 1 is 1.33 bits per heavy atom. The molecule has 1 saturated heterocycles. The van der Waals surface area contributed by atoms with Crippen molar-refractivity contribution in [1.29, 1.82) is 0 Å². The van der Waals surface area contributed by atoms with Gasteiger partial charge in [0.1, 0.15) is 0 Å². The quantitative estimate of drug-likeness (QED) is 0.909. The Kier molecular flexibility index (Phi) is 5.07. The first-order chi connectivity index (χ1) is 9.93. The van der Waals surface area contributed by atoms with Gasteiger partial charge in [0.2, 0.25) is 10.0 Å². The molecule has 2 rings (SSSR count). The molecular weight excluding hydrogens is 284 g/mol. The molecule has 0 radical (unpaired) electrons. The molecule has 1 aromatic carbocycles. The highest BCUT2D eigenvalue weighted by molar-refractivity contribution is 7.89. The first-order valence-corrected chi connectivity index (χ1v) is 9.14. The molecule has 5 heteroatoms. The summed E-state index contributed by atoms with van der Waals surface area (Å²) in [5.41, 5.74) is 1.90. The maximum absolute atomic E-state index is 13.1. The van der Waals surface area contributed by atoms with Crippen molar-refractivity contribution in [3.8, 4) is 0 Å². The average molecular weight is 310 g/mol. The number of rotatable bonds is 5. The predicted molar refractivity (Wildman–Crippen MR) is 85.7 cm³/mol. The van der Waals surface area contributed by atoms with Gasteiger partial charge in [-0.25, -0.2) is 8.42 Å². The molecule has 1 N–H and O–H groups in total. The van der Waals surface area contributed by atoms with Crippen LogP contribution in [0.1, 0.15) is 44.2 Å². The summed E-state index contributed by atoms with van der Waals surface area (Å²) in [6.45, 7) is 6.67. The van der Waals surface area contributed by atoms with E-state index in [0.29, 0.717) is 11.4 Å². The number of benzene rings is 1. The molecule has 0 bridgehead atoms. The van der Waals surface area contributed by atoms with Crippen LogP contribution in [0.3, 0.4) is 0 Å². The number of nitrogens with zero attached hydrogens (tertiary/aromatic N) is 1. The van der Waals surface area contributed by atoms with E-state index < -0.39 is 10.0 Å². The van der Waals surface area contributed by atoms with Crippen LogP contribution in [0.15, 0.2) is 23.1 Å². The van der Waals surface area contributed by atoms with Crippen LogP contribution in [0.25, 0.3) is 0 Å². The third-order valence-electron chi connectivity index (χ3n) is 4.50. The van der Waals surface area contributed by atoms with Crippen molar-refractivity contribution in [3.05, 3.63) is 29.3 Å². The van der Waals surface area contributed by atoms with Crippen LogP contribution in [-0.2, 0) is 16.6 Å². The van der Waals surface area contributed by atoms with Crippen molar-refractivity contribution in [1.82, 2.24) is 9.62 Å². The molecule has 0 amide bonds. The van der Waals surface area contributed by atoms with Gasteiger partial charge in [0, 0.05) is 18.6 Å². The lowest BCUT2D eigenvalue weighted by Gasteiger charge is -2.28. The third kappa shape index (κ3) is 3.00. The maximum atomic E-state index is 13.1. The van der Waals surface area contributed by atoms with Crippen molar-refractivity contribution >= 4 is 10.0 Å². The Hall–Kier alpha value is -0.910. The topological polar surface area (TPSA) is 49.4 Å². The number of sulfonamides is 1. The summed E-state index contributed by atoms with van der Waals surface area (Å²) < 4.78 is 27.9. The van der Waals surface area contributed by atoms with Crippen LogP contribution in [0.5, 0.6) is 0 Å². The van der Waals surface area contributed by atoms with Crippen LogP contribution in [0, 0.1) is 6.92 Å². The van der Waals surface area contributed by atoms with Crippen molar-refractivity contribution in [2.75, 3.05) is 7.05 Å². The fraction of sp³-hybridized carbons (Fsp3) is 0.625. The van der Waals surface area contributed by atoms with Gasteiger partial charge in [-0.2, -0.15) is 4.31 Å².